The fourth-order valence-corrected chi connectivity index (χ4v) is 3.13. The van der Waals surface area contributed by atoms with Gasteiger partial charge in [0.2, 0.25) is 10.0 Å². The van der Waals surface area contributed by atoms with E-state index in [0.29, 0.717) is 0 Å². The van der Waals surface area contributed by atoms with Crippen LogP contribution in [-0.2, 0) is 14.8 Å². The van der Waals surface area contributed by atoms with Gasteiger partial charge < -0.3 is 9.84 Å². The van der Waals surface area contributed by atoms with Gasteiger partial charge in [0.25, 0.3) is 0 Å². The number of carbonyl (C=O) groups is 1. The molecule has 0 saturated heterocycles. The number of ether oxygens (including phenoxy) is 1. The predicted octanol–water partition coefficient (Wildman–Crippen LogP) is 1.47. The first kappa shape index (κ1) is 16.5. The lowest BCUT2D eigenvalue weighted by Gasteiger charge is -2.17. The molecule has 0 amide bonds. The van der Waals surface area contributed by atoms with Crippen molar-refractivity contribution in [3.8, 4) is 5.75 Å². The van der Waals surface area contributed by atoms with E-state index in [0.717, 1.165) is 0 Å². The molecule has 1 atom stereocenters. The smallest absolute Gasteiger partial charge is 0.321 e. The highest BCUT2D eigenvalue weighted by atomic mass is 32.2. The number of rotatable bonds is 7. The van der Waals surface area contributed by atoms with Gasteiger partial charge in [0, 0.05) is 0 Å². The molecule has 0 aliphatic carbocycles. The number of carboxylic acids is 1. The van der Waals surface area contributed by atoms with Crippen molar-refractivity contribution in [3.05, 3.63) is 24.3 Å². The highest BCUT2D eigenvalue weighted by Gasteiger charge is 2.27. The van der Waals surface area contributed by atoms with Crippen molar-refractivity contribution in [1.29, 1.82) is 0 Å². The van der Waals surface area contributed by atoms with Gasteiger partial charge in [-0.05, 0) is 24.5 Å². The molecular weight excluding hydrogens is 282 g/mol. The van der Waals surface area contributed by atoms with E-state index >= 15 is 0 Å². The number of hydrogen-bond acceptors (Lipinski definition) is 4. The summed E-state index contributed by atoms with van der Waals surface area (Å²) < 4.78 is 31.7. The fraction of sp³-hybridized carbons (Fsp3) is 0.462. The Labute approximate surface area is 118 Å². The molecule has 1 rings (SSSR count). The number of para-hydroxylation sites is 1. The summed E-state index contributed by atoms with van der Waals surface area (Å²) in [6.45, 7) is 3.65. The van der Waals surface area contributed by atoms with Crippen molar-refractivity contribution in [2.75, 3.05) is 7.11 Å². The molecule has 0 radical (unpaired) electrons. The molecule has 20 heavy (non-hydrogen) atoms. The molecule has 1 aromatic carbocycles. The average molecular weight is 301 g/mol. The number of carboxylic acid groups (broad SMARTS) is 1. The SMILES string of the molecule is COc1ccccc1S(=O)(=O)NC(CC(C)C)C(=O)O. The average Bonchev–Trinajstić information content (AvgIpc) is 2.37. The summed E-state index contributed by atoms with van der Waals surface area (Å²) >= 11 is 0. The van der Waals surface area contributed by atoms with E-state index in [4.69, 9.17) is 9.84 Å². The van der Waals surface area contributed by atoms with Gasteiger partial charge in [0.15, 0.2) is 0 Å². The summed E-state index contributed by atoms with van der Waals surface area (Å²) in [5.41, 5.74) is 0. The zero-order valence-electron chi connectivity index (χ0n) is 11.7. The van der Waals surface area contributed by atoms with Crippen LogP contribution in [0.1, 0.15) is 20.3 Å². The Bertz CT molecular complexity index is 568. The second kappa shape index (κ2) is 6.71. The molecule has 2 N–H and O–H groups in total. The highest BCUT2D eigenvalue weighted by Crippen LogP contribution is 2.23. The second-order valence-corrected chi connectivity index (χ2v) is 6.47. The Hall–Kier alpha value is -1.60. The molecule has 1 unspecified atom stereocenters. The molecule has 0 bridgehead atoms. The minimum Gasteiger partial charge on any atom is -0.495 e. The molecule has 0 fully saturated rings. The molecule has 0 heterocycles. The molecule has 6 nitrogen and oxygen atoms in total. The Kier molecular flexibility index (Phi) is 5.52. The van der Waals surface area contributed by atoms with Crippen LogP contribution in [0.2, 0.25) is 0 Å². The van der Waals surface area contributed by atoms with Crippen LogP contribution in [-0.4, -0.2) is 32.6 Å². The first-order valence-corrected chi connectivity index (χ1v) is 7.64. The Morgan fingerprint density at radius 3 is 2.45 bits per heavy atom. The summed E-state index contributed by atoms with van der Waals surface area (Å²) in [5.74, 6) is -0.970. The highest BCUT2D eigenvalue weighted by molar-refractivity contribution is 7.89. The van der Waals surface area contributed by atoms with Crippen LogP contribution in [0.15, 0.2) is 29.2 Å². The van der Waals surface area contributed by atoms with Crippen LogP contribution in [0.25, 0.3) is 0 Å². The van der Waals surface area contributed by atoms with Gasteiger partial charge in [-0.1, -0.05) is 26.0 Å². The maximum Gasteiger partial charge on any atom is 0.321 e. The largest absolute Gasteiger partial charge is 0.495 e. The number of benzene rings is 1. The van der Waals surface area contributed by atoms with Crippen LogP contribution >= 0.6 is 0 Å². The Balaban J connectivity index is 3.07. The van der Waals surface area contributed by atoms with Gasteiger partial charge in [-0.25, -0.2) is 8.42 Å². The molecule has 0 aliphatic heterocycles. The first-order chi connectivity index (χ1) is 9.27. The Morgan fingerprint density at radius 1 is 1.35 bits per heavy atom. The van der Waals surface area contributed by atoms with E-state index in [1.165, 1.54) is 19.2 Å². The summed E-state index contributed by atoms with van der Waals surface area (Å²) in [6, 6.07) is 4.91. The van der Waals surface area contributed by atoms with E-state index in [9.17, 15) is 13.2 Å². The zero-order chi connectivity index (χ0) is 15.3. The van der Waals surface area contributed by atoms with Gasteiger partial charge in [-0.2, -0.15) is 4.72 Å². The van der Waals surface area contributed by atoms with Gasteiger partial charge in [0.05, 0.1) is 7.11 Å². The summed E-state index contributed by atoms with van der Waals surface area (Å²) in [7, 11) is -2.59. The topological polar surface area (TPSA) is 92.7 Å². The van der Waals surface area contributed by atoms with Crippen molar-refractivity contribution in [2.24, 2.45) is 5.92 Å². The monoisotopic (exact) mass is 301 g/mol. The summed E-state index contributed by atoms with van der Waals surface area (Å²) in [4.78, 5) is 11.1. The van der Waals surface area contributed by atoms with Gasteiger partial charge in [-0.15, -0.1) is 0 Å². The number of methoxy groups -OCH3 is 1. The van der Waals surface area contributed by atoms with Crippen LogP contribution in [0.5, 0.6) is 5.75 Å². The molecule has 0 saturated carbocycles. The second-order valence-electron chi connectivity index (χ2n) is 4.79. The first-order valence-electron chi connectivity index (χ1n) is 6.16. The number of sulfonamides is 1. The maximum absolute atomic E-state index is 12.3. The molecular formula is C13H19NO5S. The lowest BCUT2D eigenvalue weighted by atomic mass is 10.1. The van der Waals surface area contributed by atoms with Crippen molar-refractivity contribution < 1.29 is 23.1 Å². The van der Waals surface area contributed by atoms with Gasteiger partial charge in [0.1, 0.15) is 16.7 Å². The quantitative estimate of drug-likeness (QED) is 0.795. The van der Waals surface area contributed by atoms with Gasteiger partial charge in [-0.3, -0.25) is 4.79 Å². The minimum absolute atomic E-state index is 0.0523. The van der Waals surface area contributed by atoms with Gasteiger partial charge >= 0.3 is 5.97 Å². The lowest BCUT2D eigenvalue weighted by molar-refractivity contribution is -0.139. The van der Waals surface area contributed by atoms with Crippen molar-refractivity contribution in [1.82, 2.24) is 4.72 Å². The van der Waals surface area contributed by atoms with Crippen LogP contribution in [0.3, 0.4) is 0 Å². The van der Waals surface area contributed by atoms with Crippen LogP contribution in [0.4, 0.5) is 0 Å². The maximum atomic E-state index is 12.3. The zero-order valence-corrected chi connectivity index (χ0v) is 12.5. The number of nitrogens with one attached hydrogen (secondary N) is 1. The van der Waals surface area contributed by atoms with E-state index in [-0.39, 0.29) is 23.0 Å². The van der Waals surface area contributed by atoms with Crippen LogP contribution < -0.4 is 9.46 Å². The van der Waals surface area contributed by atoms with Crippen molar-refractivity contribution in [2.45, 2.75) is 31.2 Å². The molecule has 112 valence electrons. The molecule has 0 aromatic heterocycles. The fourth-order valence-electron chi connectivity index (χ4n) is 1.76. The lowest BCUT2D eigenvalue weighted by Crippen LogP contribution is -2.41. The molecule has 7 heteroatoms. The molecule has 0 spiro atoms. The normalized spacial score (nSPS) is 13.2. The Morgan fingerprint density at radius 2 is 1.95 bits per heavy atom. The van der Waals surface area contributed by atoms with Crippen molar-refractivity contribution >= 4 is 16.0 Å². The predicted molar refractivity (Wildman–Crippen MR) is 74.2 cm³/mol. The van der Waals surface area contributed by atoms with E-state index in [2.05, 4.69) is 4.72 Å². The molecule has 1 aromatic rings. The van der Waals surface area contributed by atoms with E-state index in [1.807, 2.05) is 13.8 Å². The summed E-state index contributed by atoms with van der Waals surface area (Å²) in [5, 5.41) is 9.10. The summed E-state index contributed by atoms with van der Waals surface area (Å²) in [6.07, 6.45) is 0.212. The third-order valence-electron chi connectivity index (χ3n) is 2.66. The molecule has 0 aliphatic rings. The van der Waals surface area contributed by atoms with E-state index in [1.54, 1.807) is 12.1 Å². The van der Waals surface area contributed by atoms with E-state index < -0.39 is 22.0 Å². The number of hydrogen-bond donors (Lipinski definition) is 2. The van der Waals surface area contributed by atoms with Crippen LogP contribution in [0, 0.1) is 5.92 Å². The standard InChI is InChI=1S/C13H19NO5S/c1-9(2)8-10(13(15)16)14-20(17,18)12-7-5-4-6-11(12)19-3/h4-7,9-10,14H,8H2,1-3H3,(H,15,16). The third kappa shape index (κ3) is 4.21. The van der Waals surface area contributed by atoms with Crippen molar-refractivity contribution in [3.63, 3.8) is 0 Å². The minimum atomic E-state index is -3.95. The number of aliphatic carboxylic acids is 1. The third-order valence-corrected chi connectivity index (χ3v) is 4.17.